The normalized spacial score (nSPS) is 17.8. The van der Waals surface area contributed by atoms with Crippen LogP contribution in [0.2, 0.25) is 0 Å². The molecule has 0 bridgehead atoms. The molecule has 1 aliphatic heterocycles. The van der Waals surface area contributed by atoms with Gasteiger partial charge in [0.25, 0.3) is 5.91 Å². The van der Waals surface area contributed by atoms with Crippen molar-refractivity contribution in [3.8, 4) is 0 Å². The largest absolute Gasteiger partial charge is 0.378 e. The fraction of sp³-hybridized carbons (Fsp3) is 0.333. The van der Waals surface area contributed by atoms with Crippen LogP contribution in [-0.2, 0) is 9.59 Å². The molecule has 2 amide bonds. The van der Waals surface area contributed by atoms with Gasteiger partial charge in [-0.15, -0.1) is 0 Å². The Kier molecular flexibility index (Phi) is 2.96. The van der Waals surface area contributed by atoms with E-state index in [1.807, 2.05) is 0 Å². The Morgan fingerprint density at radius 3 is 2.83 bits per heavy atom. The highest BCUT2D eigenvalue weighted by Crippen LogP contribution is 2.37. The maximum Gasteiger partial charge on any atom is 0.260 e. The molecule has 6 nitrogen and oxygen atoms in total. The number of likely N-dealkylation sites (N-methyl/N-ethyl adjacent to an activating group) is 2. The van der Waals surface area contributed by atoms with E-state index < -0.39 is 12.0 Å². The van der Waals surface area contributed by atoms with E-state index in [0.717, 1.165) is 5.69 Å². The van der Waals surface area contributed by atoms with Gasteiger partial charge in [-0.1, -0.05) is 6.07 Å². The van der Waals surface area contributed by atoms with Crippen LogP contribution < -0.4 is 15.5 Å². The molecule has 0 fully saturated rings. The van der Waals surface area contributed by atoms with Crippen LogP contribution in [0.1, 0.15) is 11.7 Å². The summed E-state index contributed by atoms with van der Waals surface area (Å²) in [5, 5.41) is 9.72. The first-order chi connectivity index (χ1) is 8.41. The van der Waals surface area contributed by atoms with Gasteiger partial charge in [0.1, 0.15) is 0 Å². The molecule has 1 aromatic rings. The standard InChI is InChI=1S/C12H15N3O3/c1-14(6-10(13)16)7-3-4-8-9(5-7)15(2)12(18)11(8)17/h3-5,11,17H,6H2,1-2H3,(H2,13,16). The van der Waals surface area contributed by atoms with Gasteiger partial charge in [0.2, 0.25) is 5.91 Å². The second-order valence-electron chi connectivity index (χ2n) is 4.37. The molecule has 18 heavy (non-hydrogen) atoms. The van der Waals surface area contributed by atoms with Crippen molar-refractivity contribution in [2.24, 2.45) is 5.73 Å². The lowest BCUT2D eigenvalue weighted by Crippen LogP contribution is -2.30. The summed E-state index contributed by atoms with van der Waals surface area (Å²) in [6, 6.07) is 5.19. The summed E-state index contributed by atoms with van der Waals surface area (Å²) in [7, 11) is 3.34. The minimum absolute atomic E-state index is 0.0962. The third-order valence-electron chi connectivity index (χ3n) is 3.07. The summed E-state index contributed by atoms with van der Waals surface area (Å²) in [5.41, 5.74) is 7.13. The molecule has 3 N–H and O–H groups in total. The smallest absolute Gasteiger partial charge is 0.260 e. The monoisotopic (exact) mass is 249 g/mol. The number of nitrogens with zero attached hydrogens (tertiary/aromatic N) is 2. The topological polar surface area (TPSA) is 86.9 Å². The lowest BCUT2D eigenvalue weighted by Gasteiger charge is -2.19. The van der Waals surface area contributed by atoms with E-state index in [1.54, 1.807) is 37.2 Å². The minimum atomic E-state index is -1.10. The molecule has 0 aromatic heterocycles. The highest BCUT2D eigenvalue weighted by molar-refractivity contribution is 6.04. The number of benzene rings is 1. The third kappa shape index (κ3) is 1.91. The first-order valence-corrected chi connectivity index (χ1v) is 5.51. The predicted molar refractivity (Wildman–Crippen MR) is 67.3 cm³/mol. The molecule has 0 saturated heterocycles. The van der Waals surface area contributed by atoms with Crippen molar-refractivity contribution in [2.75, 3.05) is 30.4 Å². The fourth-order valence-electron chi connectivity index (χ4n) is 2.05. The van der Waals surface area contributed by atoms with Gasteiger partial charge >= 0.3 is 0 Å². The van der Waals surface area contributed by atoms with Crippen molar-refractivity contribution in [2.45, 2.75) is 6.10 Å². The van der Waals surface area contributed by atoms with E-state index in [1.165, 1.54) is 4.90 Å². The van der Waals surface area contributed by atoms with Crippen LogP contribution in [-0.4, -0.2) is 37.6 Å². The number of hydrogen-bond acceptors (Lipinski definition) is 4. The van der Waals surface area contributed by atoms with Gasteiger partial charge in [-0.2, -0.15) is 0 Å². The van der Waals surface area contributed by atoms with Crippen LogP contribution in [0.5, 0.6) is 0 Å². The van der Waals surface area contributed by atoms with Gasteiger partial charge in [0.05, 0.1) is 12.2 Å². The average molecular weight is 249 g/mol. The van der Waals surface area contributed by atoms with Crippen LogP contribution in [0.3, 0.4) is 0 Å². The molecule has 1 unspecified atom stereocenters. The predicted octanol–water partition coefficient (Wildman–Crippen LogP) is -0.382. The molecule has 0 aliphatic carbocycles. The number of hydrogen-bond donors (Lipinski definition) is 2. The van der Waals surface area contributed by atoms with Crippen molar-refractivity contribution in [3.63, 3.8) is 0 Å². The molecular formula is C12H15N3O3. The summed E-state index contributed by atoms with van der Waals surface area (Å²) >= 11 is 0. The van der Waals surface area contributed by atoms with Gasteiger partial charge in [0, 0.05) is 25.3 Å². The Labute approximate surface area is 105 Å². The van der Waals surface area contributed by atoms with Crippen LogP contribution in [0.15, 0.2) is 18.2 Å². The van der Waals surface area contributed by atoms with Crippen molar-refractivity contribution < 1.29 is 14.7 Å². The van der Waals surface area contributed by atoms with Crippen LogP contribution >= 0.6 is 0 Å². The zero-order valence-corrected chi connectivity index (χ0v) is 10.3. The molecule has 6 heteroatoms. The third-order valence-corrected chi connectivity index (χ3v) is 3.07. The van der Waals surface area contributed by atoms with Gasteiger partial charge in [0.15, 0.2) is 6.10 Å². The summed E-state index contributed by atoms with van der Waals surface area (Å²) in [6.45, 7) is 0.0962. The van der Waals surface area contributed by atoms with Crippen LogP contribution in [0, 0.1) is 0 Å². The summed E-state index contributed by atoms with van der Waals surface area (Å²) in [5.74, 6) is -0.776. The Morgan fingerprint density at radius 2 is 2.22 bits per heavy atom. The SMILES string of the molecule is CN(CC(N)=O)c1ccc2c(c1)N(C)C(=O)C2O. The zero-order chi connectivity index (χ0) is 13.4. The number of aliphatic hydroxyl groups excluding tert-OH is 1. The quantitative estimate of drug-likeness (QED) is 0.764. The van der Waals surface area contributed by atoms with Crippen molar-refractivity contribution in [1.29, 1.82) is 0 Å². The number of carbonyl (C=O) groups is 2. The van der Waals surface area contributed by atoms with E-state index in [4.69, 9.17) is 5.73 Å². The van der Waals surface area contributed by atoms with Crippen LogP contribution in [0.4, 0.5) is 11.4 Å². The lowest BCUT2D eigenvalue weighted by molar-refractivity contribution is -0.125. The number of rotatable bonds is 3. The molecule has 1 heterocycles. The summed E-state index contributed by atoms with van der Waals surface area (Å²) in [4.78, 5) is 25.6. The molecule has 0 radical (unpaired) electrons. The highest BCUT2D eigenvalue weighted by atomic mass is 16.3. The van der Waals surface area contributed by atoms with E-state index in [0.29, 0.717) is 11.3 Å². The number of primary amides is 1. The van der Waals surface area contributed by atoms with Crippen molar-refractivity contribution in [3.05, 3.63) is 23.8 Å². The highest BCUT2D eigenvalue weighted by Gasteiger charge is 2.33. The Bertz CT molecular complexity index is 515. The van der Waals surface area contributed by atoms with E-state index in [9.17, 15) is 14.7 Å². The maximum atomic E-state index is 11.6. The summed E-state index contributed by atoms with van der Waals surface area (Å²) in [6.07, 6.45) is -1.10. The lowest BCUT2D eigenvalue weighted by atomic mass is 10.1. The fourth-order valence-corrected chi connectivity index (χ4v) is 2.05. The van der Waals surface area contributed by atoms with E-state index in [2.05, 4.69) is 0 Å². The van der Waals surface area contributed by atoms with Gasteiger partial charge in [-0.25, -0.2) is 0 Å². The molecule has 1 atom stereocenters. The van der Waals surface area contributed by atoms with Gasteiger partial charge in [-0.05, 0) is 12.1 Å². The molecule has 0 spiro atoms. The Morgan fingerprint density at radius 1 is 1.56 bits per heavy atom. The van der Waals surface area contributed by atoms with Crippen molar-refractivity contribution in [1.82, 2.24) is 0 Å². The molecule has 96 valence electrons. The molecule has 1 aromatic carbocycles. The molecule has 1 aliphatic rings. The number of fused-ring (bicyclic) bond motifs is 1. The molecule has 2 rings (SSSR count). The minimum Gasteiger partial charge on any atom is -0.378 e. The first kappa shape index (κ1) is 12.4. The molecule has 0 saturated carbocycles. The van der Waals surface area contributed by atoms with Crippen LogP contribution in [0.25, 0.3) is 0 Å². The second-order valence-corrected chi connectivity index (χ2v) is 4.37. The number of carbonyl (C=O) groups excluding carboxylic acids is 2. The number of anilines is 2. The number of aliphatic hydroxyl groups is 1. The van der Waals surface area contributed by atoms with E-state index >= 15 is 0 Å². The van der Waals surface area contributed by atoms with Crippen molar-refractivity contribution >= 4 is 23.2 Å². The second kappa shape index (κ2) is 4.30. The number of amides is 2. The zero-order valence-electron chi connectivity index (χ0n) is 10.3. The first-order valence-electron chi connectivity index (χ1n) is 5.51. The Balaban J connectivity index is 2.34. The van der Waals surface area contributed by atoms with E-state index in [-0.39, 0.29) is 12.5 Å². The number of nitrogens with two attached hydrogens (primary N) is 1. The van der Waals surface area contributed by atoms with Gasteiger partial charge < -0.3 is 20.6 Å². The molecular weight excluding hydrogens is 234 g/mol. The average Bonchev–Trinajstić information content (AvgIpc) is 2.53. The summed E-state index contributed by atoms with van der Waals surface area (Å²) < 4.78 is 0. The van der Waals surface area contributed by atoms with Gasteiger partial charge in [-0.3, -0.25) is 9.59 Å². The maximum absolute atomic E-state index is 11.6. The Hall–Kier alpha value is -2.08.